The molecule has 0 amide bonds. The summed E-state index contributed by atoms with van der Waals surface area (Å²) in [6.07, 6.45) is 0.606. The van der Waals surface area contributed by atoms with Crippen LogP contribution in [-0.2, 0) is 9.53 Å². The van der Waals surface area contributed by atoms with Crippen molar-refractivity contribution in [1.82, 2.24) is 0 Å². The topological polar surface area (TPSA) is 46.5 Å². The summed E-state index contributed by atoms with van der Waals surface area (Å²) in [5.74, 6) is -1.02. The molecule has 3 nitrogen and oxygen atoms in total. The SMILES string of the molecule is C=Cc1c(C(OC(C)(C)C)C(=O)O)c(C)cc2c(Cl)cccc12. The molecule has 0 spiro atoms. The Hall–Kier alpha value is -1.84. The van der Waals surface area contributed by atoms with Gasteiger partial charge in [-0.1, -0.05) is 36.4 Å². The minimum absolute atomic E-state index is 0.586. The van der Waals surface area contributed by atoms with E-state index in [2.05, 4.69) is 6.58 Å². The number of aryl methyl sites for hydroxylation is 1. The molecule has 122 valence electrons. The molecule has 4 heteroatoms. The Kier molecular flexibility index (Phi) is 4.83. The molecule has 23 heavy (non-hydrogen) atoms. The lowest BCUT2D eigenvalue weighted by Crippen LogP contribution is -2.28. The van der Waals surface area contributed by atoms with Crippen molar-refractivity contribution in [3.05, 3.63) is 52.6 Å². The normalized spacial score (nSPS) is 13.1. The monoisotopic (exact) mass is 332 g/mol. The number of hydrogen-bond acceptors (Lipinski definition) is 2. The van der Waals surface area contributed by atoms with E-state index < -0.39 is 17.7 Å². The van der Waals surface area contributed by atoms with Crippen molar-refractivity contribution >= 4 is 34.4 Å². The molecule has 1 atom stereocenters. The van der Waals surface area contributed by atoms with E-state index in [1.807, 2.05) is 52.0 Å². The van der Waals surface area contributed by atoms with Crippen LogP contribution in [0.15, 0.2) is 30.8 Å². The number of halogens is 1. The van der Waals surface area contributed by atoms with E-state index in [4.69, 9.17) is 16.3 Å². The second kappa shape index (κ2) is 6.34. The van der Waals surface area contributed by atoms with Gasteiger partial charge < -0.3 is 9.84 Å². The van der Waals surface area contributed by atoms with E-state index >= 15 is 0 Å². The minimum atomic E-state index is -1.06. The fourth-order valence-corrected chi connectivity index (χ4v) is 2.95. The Bertz CT molecular complexity index is 772. The molecule has 1 unspecified atom stereocenters. The van der Waals surface area contributed by atoms with Crippen LogP contribution in [0.5, 0.6) is 0 Å². The van der Waals surface area contributed by atoms with E-state index in [9.17, 15) is 9.90 Å². The lowest BCUT2D eigenvalue weighted by Gasteiger charge is -2.28. The second-order valence-corrected chi connectivity index (χ2v) is 6.92. The standard InChI is InChI=1S/C19H21ClO3/c1-6-12-13-8-7-9-15(20)14(13)10-11(2)16(12)17(18(21)22)23-19(3,4)5/h6-10,17H,1H2,2-5H3,(H,21,22). The average Bonchev–Trinajstić information content (AvgIpc) is 2.43. The van der Waals surface area contributed by atoms with Crippen molar-refractivity contribution in [2.75, 3.05) is 0 Å². The zero-order valence-corrected chi connectivity index (χ0v) is 14.6. The third-order valence-electron chi connectivity index (χ3n) is 3.58. The van der Waals surface area contributed by atoms with Gasteiger partial charge >= 0.3 is 5.97 Å². The van der Waals surface area contributed by atoms with Gasteiger partial charge in [-0.2, -0.15) is 0 Å². The van der Waals surface area contributed by atoms with E-state index in [0.29, 0.717) is 10.6 Å². The minimum Gasteiger partial charge on any atom is -0.479 e. The fraction of sp³-hybridized carbons (Fsp3) is 0.316. The van der Waals surface area contributed by atoms with Crippen molar-refractivity contribution in [3.63, 3.8) is 0 Å². The average molecular weight is 333 g/mol. The van der Waals surface area contributed by atoms with E-state index in [0.717, 1.165) is 21.9 Å². The van der Waals surface area contributed by atoms with Crippen LogP contribution in [-0.4, -0.2) is 16.7 Å². The molecule has 0 saturated carbocycles. The second-order valence-electron chi connectivity index (χ2n) is 6.51. The fourth-order valence-electron chi connectivity index (χ4n) is 2.72. The van der Waals surface area contributed by atoms with Gasteiger partial charge in [-0.05, 0) is 56.3 Å². The van der Waals surface area contributed by atoms with Crippen molar-refractivity contribution in [3.8, 4) is 0 Å². The number of hydrogen-bond donors (Lipinski definition) is 1. The van der Waals surface area contributed by atoms with Gasteiger partial charge in [-0.15, -0.1) is 0 Å². The van der Waals surface area contributed by atoms with Crippen LogP contribution in [0, 0.1) is 6.92 Å². The highest BCUT2D eigenvalue weighted by Crippen LogP contribution is 2.37. The van der Waals surface area contributed by atoms with Crippen LogP contribution in [0.1, 0.15) is 43.6 Å². The molecule has 2 rings (SSSR count). The molecular formula is C19H21ClO3. The number of carboxylic acid groups (broad SMARTS) is 1. The lowest BCUT2D eigenvalue weighted by atomic mass is 9.91. The summed E-state index contributed by atoms with van der Waals surface area (Å²) < 4.78 is 5.81. The van der Waals surface area contributed by atoms with Gasteiger partial charge in [0.15, 0.2) is 6.10 Å². The highest BCUT2D eigenvalue weighted by atomic mass is 35.5. The predicted molar refractivity (Wildman–Crippen MR) is 95.0 cm³/mol. The molecule has 2 aromatic carbocycles. The number of benzene rings is 2. The van der Waals surface area contributed by atoms with E-state index in [-0.39, 0.29) is 0 Å². The molecule has 2 aromatic rings. The van der Waals surface area contributed by atoms with Gasteiger partial charge in [-0.25, -0.2) is 4.79 Å². The van der Waals surface area contributed by atoms with E-state index in [1.54, 1.807) is 6.08 Å². The quantitative estimate of drug-likeness (QED) is 0.817. The number of carbonyl (C=O) groups is 1. The van der Waals surface area contributed by atoms with E-state index in [1.165, 1.54) is 0 Å². The van der Waals surface area contributed by atoms with Gasteiger partial charge in [0.05, 0.1) is 5.60 Å². The van der Waals surface area contributed by atoms with Crippen LogP contribution < -0.4 is 0 Å². The van der Waals surface area contributed by atoms with Crippen molar-refractivity contribution < 1.29 is 14.6 Å². The first-order valence-corrected chi connectivity index (χ1v) is 7.78. The Morgan fingerprint density at radius 1 is 1.35 bits per heavy atom. The molecule has 0 aliphatic rings. The molecule has 0 saturated heterocycles. The maximum Gasteiger partial charge on any atom is 0.337 e. The van der Waals surface area contributed by atoms with Crippen molar-refractivity contribution in [2.24, 2.45) is 0 Å². The van der Waals surface area contributed by atoms with Crippen molar-refractivity contribution in [2.45, 2.75) is 39.4 Å². The summed E-state index contributed by atoms with van der Waals surface area (Å²) >= 11 is 6.28. The highest BCUT2D eigenvalue weighted by molar-refractivity contribution is 6.35. The number of rotatable bonds is 4. The highest BCUT2D eigenvalue weighted by Gasteiger charge is 2.30. The van der Waals surface area contributed by atoms with Crippen molar-refractivity contribution in [1.29, 1.82) is 0 Å². The smallest absolute Gasteiger partial charge is 0.337 e. The largest absolute Gasteiger partial charge is 0.479 e. The number of fused-ring (bicyclic) bond motifs is 1. The lowest BCUT2D eigenvalue weighted by molar-refractivity contribution is -0.160. The first-order valence-electron chi connectivity index (χ1n) is 7.40. The summed E-state index contributed by atoms with van der Waals surface area (Å²) in [4.78, 5) is 11.8. The summed E-state index contributed by atoms with van der Waals surface area (Å²) in [5.41, 5.74) is 1.60. The van der Waals surface area contributed by atoms with Gasteiger partial charge in [-0.3, -0.25) is 0 Å². The summed E-state index contributed by atoms with van der Waals surface area (Å²) in [6.45, 7) is 11.2. The van der Waals surface area contributed by atoms with Gasteiger partial charge in [0, 0.05) is 16.0 Å². The van der Waals surface area contributed by atoms with Gasteiger partial charge in [0.25, 0.3) is 0 Å². The van der Waals surface area contributed by atoms with Crippen LogP contribution in [0.4, 0.5) is 0 Å². The molecule has 0 radical (unpaired) electrons. The number of aliphatic carboxylic acids is 1. The summed E-state index contributed by atoms with van der Waals surface area (Å²) in [7, 11) is 0. The van der Waals surface area contributed by atoms with Crippen LogP contribution >= 0.6 is 11.6 Å². The Labute approximate surface area is 141 Å². The predicted octanol–water partition coefficient (Wildman–Crippen LogP) is 5.39. The molecular weight excluding hydrogens is 312 g/mol. The molecule has 0 aliphatic carbocycles. The molecule has 0 heterocycles. The number of carboxylic acids is 1. The summed E-state index contributed by atoms with van der Waals surface area (Å²) in [5, 5.41) is 12.1. The Morgan fingerprint density at radius 2 is 2.00 bits per heavy atom. The van der Waals surface area contributed by atoms with Gasteiger partial charge in [0.1, 0.15) is 0 Å². The maximum atomic E-state index is 11.8. The Balaban J connectivity index is 2.79. The Morgan fingerprint density at radius 3 is 2.52 bits per heavy atom. The van der Waals surface area contributed by atoms with Gasteiger partial charge in [0.2, 0.25) is 0 Å². The molecule has 0 aromatic heterocycles. The molecule has 0 fully saturated rings. The zero-order chi connectivity index (χ0) is 17.4. The van der Waals surface area contributed by atoms with Crippen LogP contribution in [0.25, 0.3) is 16.8 Å². The molecule has 1 N–H and O–H groups in total. The third-order valence-corrected chi connectivity index (χ3v) is 3.91. The number of ether oxygens (including phenoxy) is 1. The summed E-state index contributed by atoms with van der Waals surface area (Å²) in [6, 6.07) is 7.48. The molecule has 0 aliphatic heterocycles. The maximum absolute atomic E-state index is 11.8. The first kappa shape index (κ1) is 17.5. The third kappa shape index (κ3) is 3.57. The molecule has 0 bridgehead atoms. The zero-order valence-electron chi connectivity index (χ0n) is 13.8. The van der Waals surface area contributed by atoms with Crippen LogP contribution in [0.3, 0.4) is 0 Å². The first-order chi connectivity index (χ1) is 10.7. The van der Waals surface area contributed by atoms with Crippen LogP contribution in [0.2, 0.25) is 5.02 Å².